The lowest BCUT2D eigenvalue weighted by atomic mass is 9.78. The van der Waals surface area contributed by atoms with E-state index in [0.29, 0.717) is 34.9 Å². The second-order valence-electron chi connectivity index (χ2n) is 13.0. The minimum Gasteiger partial charge on any atom is -0.497 e. The van der Waals surface area contributed by atoms with E-state index in [4.69, 9.17) is 18.9 Å². The van der Waals surface area contributed by atoms with Crippen LogP contribution in [0.5, 0.6) is 40.5 Å². The Labute approximate surface area is 288 Å². The Morgan fingerprint density at radius 3 is 1.12 bits per heavy atom. The van der Waals surface area contributed by atoms with Crippen LogP contribution in [-0.2, 0) is 10.8 Å². The van der Waals surface area contributed by atoms with Crippen molar-refractivity contribution < 1.29 is 18.9 Å². The minimum atomic E-state index is -0.245. The first-order valence-corrected chi connectivity index (χ1v) is 16.3. The Morgan fingerprint density at radius 1 is 0.408 bits per heavy atom. The van der Waals surface area contributed by atoms with E-state index in [9.17, 15) is 0 Å². The number of nitrogens with zero attached hydrogens (tertiary/aromatic N) is 3. The molecule has 0 atom stereocenters. The highest BCUT2D eigenvalue weighted by Crippen LogP contribution is 2.36. The van der Waals surface area contributed by atoms with Gasteiger partial charge < -0.3 is 18.9 Å². The van der Waals surface area contributed by atoms with E-state index in [1.807, 2.05) is 86.6 Å². The SMILES string of the molecule is COc1ccc(C(C)(C)c2ccc(Oc3cccc(Oc4ccc(C(C)(C)c5ccc(Oc6nc(C)nc(C)n6)cc5)cc4)c3)cc2)cc1. The molecule has 6 aromatic rings. The summed E-state index contributed by atoms with van der Waals surface area (Å²) in [5, 5.41) is 0. The topological polar surface area (TPSA) is 75.6 Å². The molecular formula is C42H41N3O4. The first kappa shape index (κ1) is 33.2. The number of hydrogen-bond donors (Lipinski definition) is 0. The standard InChI is InChI=1S/C42H41N3O4/c1-28-43-29(2)45-40(44-28)49-37-25-17-33(18-26-37)42(5,6)32-15-23-36(24-16-32)48-39-10-8-9-38(27-39)47-35-21-13-31(14-22-35)41(3,4)30-11-19-34(46-7)20-12-30/h8-27H,1-7H3. The van der Waals surface area contributed by atoms with E-state index in [-0.39, 0.29) is 10.8 Å². The molecule has 0 saturated heterocycles. The molecule has 0 spiro atoms. The largest absolute Gasteiger partial charge is 0.497 e. The predicted molar refractivity (Wildman–Crippen MR) is 193 cm³/mol. The third-order valence-corrected chi connectivity index (χ3v) is 8.86. The average Bonchev–Trinajstić information content (AvgIpc) is 3.09. The number of methoxy groups -OCH3 is 1. The van der Waals surface area contributed by atoms with E-state index >= 15 is 0 Å². The van der Waals surface area contributed by atoms with E-state index in [2.05, 4.69) is 91.2 Å². The average molecular weight is 652 g/mol. The molecule has 0 aliphatic heterocycles. The van der Waals surface area contributed by atoms with Crippen molar-refractivity contribution in [1.82, 2.24) is 15.0 Å². The molecule has 7 nitrogen and oxygen atoms in total. The van der Waals surface area contributed by atoms with Gasteiger partial charge in [0.1, 0.15) is 46.1 Å². The van der Waals surface area contributed by atoms with Crippen molar-refractivity contribution in [3.05, 3.63) is 155 Å². The van der Waals surface area contributed by atoms with E-state index in [0.717, 1.165) is 28.4 Å². The van der Waals surface area contributed by atoms with Gasteiger partial charge in [-0.25, -0.2) is 4.98 Å². The Balaban J connectivity index is 1.08. The third-order valence-electron chi connectivity index (χ3n) is 8.86. The highest BCUT2D eigenvalue weighted by molar-refractivity contribution is 5.46. The van der Waals surface area contributed by atoms with Gasteiger partial charge in [0.25, 0.3) is 0 Å². The molecule has 248 valence electrons. The van der Waals surface area contributed by atoms with Crippen molar-refractivity contribution >= 4 is 0 Å². The molecule has 0 bridgehead atoms. The van der Waals surface area contributed by atoms with Crippen molar-refractivity contribution in [2.24, 2.45) is 0 Å². The Kier molecular flexibility index (Phi) is 9.36. The maximum Gasteiger partial charge on any atom is 0.325 e. The summed E-state index contributed by atoms with van der Waals surface area (Å²) in [7, 11) is 1.68. The molecule has 0 fully saturated rings. The van der Waals surface area contributed by atoms with Gasteiger partial charge in [0, 0.05) is 16.9 Å². The number of aryl methyl sites for hydroxylation is 2. The van der Waals surface area contributed by atoms with Crippen LogP contribution in [0.15, 0.2) is 121 Å². The minimum absolute atomic E-state index is 0.168. The fraction of sp³-hybridized carbons (Fsp3) is 0.214. The van der Waals surface area contributed by atoms with Gasteiger partial charge in [-0.05, 0) is 96.8 Å². The molecule has 0 unspecified atom stereocenters. The number of aromatic nitrogens is 3. The maximum absolute atomic E-state index is 6.23. The van der Waals surface area contributed by atoms with Crippen LogP contribution in [-0.4, -0.2) is 22.1 Å². The van der Waals surface area contributed by atoms with Gasteiger partial charge in [-0.1, -0.05) is 82.3 Å². The van der Waals surface area contributed by atoms with E-state index in [1.165, 1.54) is 11.1 Å². The number of rotatable bonds is 11. The van der Waals surface area contributed by atoms with Crippen LogP contribution in [0.1, 0.15) is 61.6 Å². The molecular weight excluding hydrogens is 610 g/mol. The van der Waals surface area contributed by atoms with Gasteiger partial charge >= 0.3 is 6.01 Å². The number of hydrogen-bond acceptors (Lipinski definition) is 7. The molecule has 0 aliphatic rings. The molecule has 0 saturated carbocycles. The molecule has 49 heavy (non-hydrogen) atoms. The van der Waals surface area contributed by atoms with Crippen LogP contribution in [0, 0.1) is 13.8 Å². The number of benzene rings is 5. The molecule has 7 heteroatoms. The lowest BCUT2D eigenvalue weighted by Crippen LogP contribution is -2.18. The van der Waals surface area contributed by atoms with Crippen LogP contribution in [0.2, 0.25) is 0 Å². The molecule has 0 N–H and O–H groups in total. The smallest absolute Gasteiger partial charge is 0.325 e. The normalized spacial score (nSPS) is 11.6. The summed E-state index contributed by atoms with van der Waals surface area (Å²) in [6, 6.07) is 40.7. The van der Waals surface area contributed by atoms with Gasteiger partial charge in [-0.2, -0.15) is 9.97 Å². The Hall–Kier alpha value is -5.69. The van der Waals surface area contributed by atoms with Crippen LogP contribution >= 0.6 is 0 Å². The first-order valence-electron chi connectivity index (χ1n) is 16.3. The second kappa shape index (κ2) is 13.8. The van der Waals surface area contributed by atoms with E-state index < -0.39 is 0 Å². The van der Waals surface area contributed by atoms with Crippen LogP contribution in [0.3, 0.4) is 0 Å². The summed E-state index contributed by atoms with van der Waals surface area (Å²) < 4.78 is 23.6. The summed E-state index contributed by atoms with van der Waals surface area (Å²) in [5.74, 6) is 5.67. The lowest BCUT2D eigenvalue weighted by molar-refractivity contribution is 0.414. The van der Waals surface area contributed by atoms with Crippen molar-refractivity contribution in [3.8, 4) is 40.5 Å². The highest BCUT2D eigenvalue weighted by atomic mass is 16.5. The van der Waals surface area contributed by atoms with Crippen molar-refractivity contribution in [3.63, 3.8) is 0 Å². The van der Waals surface area contributed by atoms with Crippen molar-refractivity contribution in [2.75, 3.05) is 7.11 Å². The fourth-order valence-electron chi connectivity index (χ4n) is 5.77. The van der Waals surface area contributed by atoms with Gasteiger partial charge in [0.2, 0.25) is 0 Å². The molecule has 0 aliphatic carbocycles. The highest BCUT2D eigenvalue weighted by Gasteiger charge is 2.24. The quantitative estimate of drug-likeness (QED) is 0.138. The first-order chi connectivity index (χ1) is 23.5. The zero-order valence-electron chi connectivity index (χ0n) is 29.0. The fourth-order valence-corrected chi connectivity index (χ4v) is 5.77. The summed E-state index contributed by atoms with van der Waals surface area (Å²) >= 11 is 0. The molecule has 5 aromatic carbocycles. The zero-order valence-corrected chi connectivity index (χ0v) is 29.0. The van der Waals surface area contributed by atoms with E-state index in [1.54, 1.807) is 7.11 Å². The van der Waals surface area contributed by atoms with Gasteiger partial charge in [0.05, 0.1) is 7.11 Å². The lowest BCUT2D eigenvalue weighted by Gasteiger charge is -2.26. The van der Waals surface area contributed by atoms with Gasteiger partial charge in [0.15, 0.2) is 0 Å². The molecule has 0 amide bonds. The van der Waals surface area contributed by atoms with Gasteiger partial charge in [-0.15, -0.1) is 0 Å². The van der Waals surface area contributed by atoms with Crippen molar-refractivity contribution in [2.45, 2.75) is 52.4 Å². The Morgan fingerprint density at radius 2 is 0.755 bits per heavy atom. The van der Waals surface area contributed by atoms with Crippen LogP contribution in [0.25, 0.3) is 0 Å². The summed E-state index contributed by atoms with van der Waals surface area (Å²) in [5.41, 5.74) is 4.31. The van der Waals surface area contributed by atoms with Gasteiger partial charge in [-0.3, -0.25) is 0 Å². The van der Waals surface area contributed by atoms with Crippen LogP contribution in [0.4, 0.5) is 0 Å². The summed E-state index contributed by atoms with van der Waals surface area (Å²) in [6.45, 7) is 12.5. The second-order valence-corrected chi connectivity index (χ2v) is 13.0. The number of ether oxygens (including phenoxy) is 4. The molecule has 1 heterocycles. The monoisotopic (exact) mass is 651 g/mol. The van der Waals surface area contributed by atoms with Crippen molar-refractivity contribution in [1.29, 1.82) is 0 Å². The molecule has 0 radical (unpaired) electrons. The predicted octanol–water partition coefficient (Wildman–Crippen LogP) is 10.5. The summed E-state index contributed by atoms with van der Waals surface area (Å²) in [4.78, 5) is 12.7. The third kappa shape index (κ3) is 7.73. The molecule has 1 aromatic heterocycles. The zero-order chi connectivity index (χ0) is 34.6. The summed E-state index contributed by atoms with van der Waals surface area (Å²) in [6.07, 6.45) is 0. The Bertz CT molecular complexity index is 2000. The molecule has 6 rings (SSSR count). The van der Waals surface area contributed by atoms with Crippen LogP contribution < -0.4 is 18.9 Å². The maximum atomic E-state index is 6.23.